The van der Waals surface area contributed by atoms with Crippen molar-refractivity contribution >= 4 is 29.2 Å². The average molecular weight is 380 g/mol. The molecule has 146 valence electrons. The highest BCUT2D eigenvalue weighted by atomic mass is 16.5. The number of rotatable bonds is 5. The van der Waals surface area contributed by atoms with Crippen LogP contribution in [0.5, 0.6) is 0 Å². The lowest BCUT2D eigenvalue weighted by molar-refractivity contribution is -0.120. The molecule has 2 amide bonds. The van der Waals surface area contributed by atoms with Crippen molar-refractivity contribution in [1.29, 1.82) is 0 Å². The van der Waals surface area contributed by atoms with Crippen LogP contribution >= 0.6 is 0 Å². The van der Waals surface area contributed by atoms with Crippen LogP contribution in [-0.4, -0.2) is 24.9 Å². The summed E-state index contributed by atoms with van der Waals surface area (Å²) in [7, 11) is 1.29. The number of methoxy groups -OCH3 is 1. The molecule has 3 rings (SSSR count). The van der Waals surface area contributed by atoms with Crippen molar-refractivity contribution < 1.29 is 19.1 Å². The molecule has 6 heteroatoms. The topological polar surface area (TPSA) is 84.5 Å². The second kappa shape index (κ2) is 9.17. The Labute approximate surface area is 164 Å². The fraction of sp³-hybridized carbons (Fsp3) is 0.318. The van der Waals surface area contributed by atoms with Gasteiger partial charge in [-0.2, -0.15) is 0 Å². The van der Waals surface area contributed by atoms with Crippen molar-refractivity contribution in [3.8, 4) is 0 Å². The number of hydrogen-bond donors (Lipinski definition) is 2. The van der Waals surface area contributed by atoms with Gasteiger partial charge < -0.3 is 15.4 Å². The molecule has 1 aliphatic carbocycles. The van der Waals surface area contributed by atoms with Crippen LogP contribution in [0.1, 0.15) is 52.8 Å². The lowest BCUT2D eigenvalue weighted by Gasteiger charge is -2.20. The summed E-state index contributed by atoms with van der Waals surface area (Å²) in [5, 5.41) is 5.65. The van der Waals surface area contributed by atoms with Gasteiger partial charge in [-0.1, -0.05) is 37.5 Å². The molecular formula is C22H24N2O4. The third kappa shape index (κ3) is 4.76. The number of carbonyl (C=O) groups excluding carboxylic acids is 3. The molecule has 0 heterocycles. The maximum Gasteiger partial charge on any atom is 0.339 e. The van der Waals surface area contributed by atoms with E-state index in [2.05, 4.69) is 10.6 Å². The summed E-state index contributed by atoms with van der Waals surface area (Å²) in [4.78, 5) is 36.9. The van der Waals surface area contributed by atoms with Crippen LogP contribution in [0.4, 0.5) is 11.4 Å². The third-order valence-corrected chi connectivity index (χ3v) is 4.95. The minimum atomic E-state index is -0.524. The fourth-order valence-corrected chi connectivity index (χ4v) is 3.42. The van der Waals surface area contributed by atoms with Gasteiger partial charge >= 0.3 is 5.97 Å². The van der Waals surface area contributed by atoms with Crippen LogP contribution in [0, 0.1) is 5.92 Å². The van der Waals surface area contributed by atoms with Crippen LogP contribution in [-0.2, 0) is 9.53 Å². The third-order valence-electron chi connectivity index (χ3n) is 4.95. The Bertz CT molecular complexity index is 872. The molecule has 0 spiro atoms. The number of amides is 2. The molecule has 2 aromatic rings. The number of hydrogen-bond acceptors (Lipinski definition) is 4. The van der Waals surface area contributed by atoms with Crippen molar-refractivity contribution in [3.05, 3.63) is 59.7 Å². The SMILES string of the molecule is COC(=O)c1ccccc1NC(=O)c1cccc(NC(=O)C2CCCCC2)c1. The Kier molecular flexibility index (Phi) is 6.42. The minimum absolute atomic E-state index is 0.00768. The van der Waals surface area contributed by atoms with Crippen LogP contribution < -0.4 is 10.6 Å². The lowest BCUT2D eigenvalue weighted by atomic mass is 9.88. The Balaban J connectivity index is 1.71. The average Bonchev–Trinajstić information content (AvgIpc) is 2.74. The summed E-state index contributed by atoms with van der Waals surface area (Å²) in [6.07, 6.45) is 5.18. The Morgan fingerprint density at radius 3 is 2.43 bits per heavy atom. The second-order valence-electron chi connectivity index (χ2n) is 6.90. The largest absolute Gasteiger partial charge is 0.465 e. The van der Waals surface area contributed by atoms with Gasteiger partial charge in [0.1, 0.15) is 0 Å². The van der Waals surface area contributed by atoms with E-state index in [1.165, 1.54) is 13.5 Å². The number of anilines is 2. The van der Waals surface area contributed by atoms with E-state index < -0.39 is 5.97 Å². The van der Waals surface area contributed by atoms with Gasteiger partial charge in [0.05, 0.1) is 18.4 Å². The molecule has 1 aliphatic rings. The van der Waals surface area contributed by atoms with Gasteiger partial charge in [-0.25, -0.2) is 4.79 Å². The first kappa shape index (κ1) is 19.6. The van der Waals surface area contributed by atoms with Crippen LogP contribution in [0.3, 0.4) is 0 Å². The standard InChI is InChI=1S/C22H24N2O4/c1-28-22(27)18-12-5-6-13-19(18)24-21(26)16-10-7-11-17(14-16)23-20(25)15-8-3-2-4-9-15/h5-7,10-15H,2-4,8-9H2,1H3,(H,23,25)(H,24,26). The molecule has 1 saturated carbocycles. The quantitative estimate of drug-likeness (QED) is 0.760. The van der Waals surface area contributed by atoms with E-state index in [0.29, 0.717) is 16.9 Å². The molecular weight excluding hydrogens is 356 g/mol. The van der Waals surface area contributed by atoms with E-state index in [-0.39, 0.29) is 23.3 Å². The summed E-state index contributed by atoms with van der Waals surface area (Å²) < 4.78 is 4.75. The van der Waals surface area contributed by atoms with Crippen LogP contribution in [0.2, 0.25) is 0 Å². The van der Waals surface area contributed by atoms with Gasteiger partial charge in [0.25, 0.3) is 5.91 Å². The summed E-state index contributed by atoms with van der Waals surface area (Å²) in [5.41, 5.74) is 1.63. The van der Waals surface area contributed by atoms with Crippen LogP contribution in [0.15, 0.2) is 48.5 Å². The van der Waals surface area contributed by atoms with E-state index in [0.717, 1.165) is 25.7 Å². The Morgan fingerprint density at radius 1 is 0.929 bits per heavy atom. The summed E-state index contributed by atoms with van der Waals surface area (Å²) in [6, 6.07) is 13.4. The maximum atomic E-state index is 12.6. The maximum absolute atomic E-state index is 12.6. The van der Waals surface area contributed by atoms with Gasteiger partial charge in [-0.3, -0.25) is 9.59 Å². The zero-order valence-corrected chi connectivity index (χ0v) is 15.9. The van der Waals surface area contributed by atoms with Gasteiger partial charge in [-0.05, 0) is 43.2 Å². The van der Waals surface area contributed by atoms with Crippen molar-refractivity contribution in [2.45, 2.75) is 32.1 Å². The molecule has 0 aromatic heterocycles. The van der Waals surface area contributed by atoms with Gasteiger partial charge in [0.15, 0.2) is 0 Å². The van der Waals surface area contributed by atoms with E-state index in [1.807, 2.05) is 0 Å². The molecule has 0 saturated heterocycles. The summed E-state index contributed by atoms with van der Waals surface area (Å²) >= 11 is 0. The number of ether oxygens (including phenoxy) is 1. The van der Waals surface area contributed by atoms with E-state index in [9.17, 15) is 14.4 Å². The molecule has 2 aromatic carbocycles. The highest BCUT2D eigenvalue weighted by molar-refractivity contribution is 6.08. The first-order chi connectivity index (χ1) is 13.6. The molecule has 0 radical (unpaired) electrons. The lowest BCUT2D eigenvalue weighted by Crippen LogP contribution is -2.25. The van der Waals surface area contributed by atoms with Gasteiger partial charge in [-0.15, -0.1) is 0 Å². The van der Waals surface area contributed by atoms with Gasteiger partial charge in [0.2, 0.25) is 5.91 Å². The van der Waals surface area contributed by atoms with Crippen LogP contribution in [0.25, 0.3) is 0 Å². The number of carbonyl (C=O) groups is 3. The monoisotopic (exact) mass is 380 g/mol. The smallest absolute Gasteiger partial charge is 0.339 e. The molecule has 0 aliphatic heterocycles. The minimum Gasteiger partial charge on any atom is -0.465 e. The summed E-state index contributed by atoms with van der Waals surface area (Å²) in [5.74, 6) is -0.846. The highest BCUT2D eigenvalue weighted by Gasteiger charge is 2.21. The number of nitrogens with one attached hydrogen (secondary N) is 2. The van der Waals surface area contributed by atoms with Crippen molar-refractivity contribution in [2.75, 3.05) is 17.7 Å². The van der Waals surface area contributed by atoms with Crippen molar-refractivity contribution in [3.63, 3.8) is 0 Å². The molecule has 28 heavy (non-hydrogen) atoms. The first-order valence-corrected chi connectivity index (χ1v) is 9.48. The zero-order valence-electron chi connectivity index (χ0n) is 15.9. The number of benzene rings is 2. The van der Waals surface area contributed by atoms with Gasteiger partial charge in [0, 0.05) is 17.2 Å². The first-order valence-electron chi connectivity index (χ1n) is 9.48. The number of esters is 1. The Morgan fingerprint density at radius 2 is 1.68 bits per heavy atom. The predicted octanol–water partition coefficient (Wildman–Crippen LogP) is 4.24. The second-order valence-corrected chi connectivity index (χ2v) is 6.90. The van der Waals surface area contributed by atoms with E-state index in [4.69, 9.17) is 4.74 Å². The molecule has 6 nitrogen and oxygen atoms in total. The van der Waals surface area contributed by atoms with Crippen molar-refractivity contribution in [2.24, 2.45) is 5.92 Å². The highest BCUT2D eigenvalue weighted by Crippen LogP contribution is 2.25. The Hall–Kier alpha value is -3.15. The predicted molar refractivity (Wildman–Crippen MR) is 107 cm³/mol. The molecule has 0 bridgehead atoms. The summed E-state index contributed by atoms with van der Waals surface area (Å²) in [6.45, 7) is 0. The van der Waals surface area contributed by atoms with E-state index in [1.54, 1.807) is 48.5 Å². The number of para-hydroxylation sites is 1. The van der Waals surface area contributed by atoms with E-state index >= 15 is 0 Å². The molecule has 0 unspecified atom stereocenters. The molecule has 0 atom stereocenters. The normalized spacial score (nSPS) is 14.2. The van der Waals surface area contributed by atoms with Crippen molar-refractivity contribution in [1.82, 2.24) is 0 Å². The molecule has 1 fully saturated rings. The molecule has 2 N–H and O–H groups in total. The zero-order chi connectivity index (χ0) is 19.9. The fourth-order valence-electron chi connectivity index (χ4n) is 3.42.